The van der Waals surface area contributed by atoms with Crippen LogP contribution in [0.1, 0.15) is 37.3 Å². The molecule has 1 N–H and O–H groups in total. The summed E-state index contributed by atoms with van der Waals surface area (Å²) in [6.07, 6.45) is -0.785. The van der Waals surface area contributed by atoms with Crippen molar-refractivity contribution < 1.29 is 23.2 Å². The average molecular weight is 296 g/mol. The first-order valence-electron chi connectivity index (χ1n) is 8.16. The van der Waals surface area contributed by atoms with Gasteiger partial charge in [0, 0.05) is 10.7 Å². The van der Waals surface area contributed by atoms with Crippen LogP contribution in [0.2, 0.25) is 0 Å². The van der Waals surface area contributed by atoms with E-state index in [4.69, 9.17) is 13.6 Å². The summed E-state index contributed by atoms with van der Waals surface area (Å²) in [6, 6.07) is 8.91. The van der Waals surface area contributed by atoms with E-state index in [0.717, 1.165) is 5.56 Å². The molecule has 0 radical (unpaired) electrons. The number of benzene rings is 1. The quantitative estimate of drug-likeness (QED) is 0.849. The van der Waals surface area contributed by atoms with Gasteiger partial charge in [-0.25, -0.2) is 4.79 Å². The SMILES string of the molecule is [2H]C([2H])([2H])C(CNC(=O)OC(C)(C)C)C(=O)OCc1ccccc1. The summed E-state index contributed by atoms with van der Waals surface area (Å²) in [7, 11) is 0. The smallest absolute Gasteiger partial charge is 0.407 e. The molecule has 5 heteroatoms. The molecule has 0 aliphatic heterocycles. The third-order valence-corrected chi connectivity index (χ3v) is 2.36. The van der Waals surface area contributed by atoms with Gasteiger partial charge in [0.1, 0.15) is 12.2 Å². The third kappa shape index (κ3) is 7.34. The van der Waals surface area contributed by atoms with E-state index in [-0.39, 0.29) is 13.2 Å². The zero-order valence-corrected chi connectivity index (χ0v) is 12.5. The van der Waals surface area contributed by atoms with Gasteiger partial charge in [-0.3, -0.25) is 4.79 Å². The van der Waals surface area contributed by atoms with E-state index in [1.54, 1.807) is 45.0 Å². The number of esters is 1. The van der Waals surface area contributed by atoms with Crippen LogP contribution < -0.4 is 5.32 Å². The van der Waals surface area contributed by atoms with Crippen LogP contribution in [0.15, 0.2) is 30.3 Å². The maximum atomic E-state index is 12.1. The number of rotatable bonds is 5. The van der Waals surface area contributed by atoms with E-state index in [0.29, 0.717) is 0 Å². The van der Waals surface area contributed by atoms with E-state index >= 15 is 0 Å². The van der Waals surface area contributed by atoms with Crippen LogP contribution in [0.4, 0.5) is 4.79 Å². The van der Waals surface area contributed by atoms with Crippen LogP contribution in [0.5, 0.6) is 0 Å². The Labute approximate surface area is 129 Å². The van der Waals surface area contributed by atoms with Crippen molar-refractivity contribution in [2.75, 3.05) is 6.54 Å². The highest BCUT2D eigenvalue weighted by atomic mass is 16.6. The fourth-order valence-electron chi connectivity index (χ4n) is 1.41. The minimum absolute atomic E-state index is 0.0291. The first-order chi connectivity index (χ1) is 11.0. The normalized spacial score (nSPS) is 15.1. The lowest BCUT2D eigenvalue weighted by molar-refractivity contribution is -0.149. The van der Waals surface area contributed by atoms with E-state index in [9.17, 15) is 9.59 Å². The number of hydrogen-bond acceptors (Lipinski definition) is 4. The predicted octanol–water partition coefficient (Wildman–Crippen LogP) is 2.89. The second-order valence-corrected chi connectivity index (χ2v) is 5.53. The monoisotopic (exact) mass is 296 g/mol. The summed E-state index contributed by atoms with van der Waals surface area (Å²) in [5, 5.41) is 2.30. The molecule has 1 aromatic rings. The minimum Gasteiger partial charge on any atom is -0.461 e. The van der Waals surface area contributed by atoms with Crippen molar-refractivity contribution in [1.82, 2.24) is 5.32 Å². The number of nitrogens with one attached hydrogen (secondary N) is 1. The largest absolute Gasteiger partial charge is 0.461 e. The Hall–Kier alpha value is -2.04. The summed E-state index contributed by atoms with van der Waals surface area (Å²) < 4.78 is 32.5. The summed E-state index contributed by atoms with van der Waals surface area (Å²) >= 11 is 0. The first-order valence-corrected chi connectivity index (χ1v) is 6.66. The van der Waals surface area contributed by atoms with Crippen molar-refractivity contribution in [1.29, 1.82) is 0 Å². The van der Waals surface area contributed by atoms with Crippen LogP contribution in [0, 0.1) is 5.92 Å². The molecule has 116 valence electrons. The van der Waals surface area contributed by atoms with Gasteiger partial charge in [0.05, 0.1) is 5.92 Å². The zero-order valence-electron chi connectivity index (χ0n) is 15.5. The lowest BCUT2D eigenvalue weighted by Crippen LogP contribution is -2.36. The van der Waals surface area contributed by atoms with Crippen molar-refractivity contribution in [2.24, 2.45) is 5.92 Å². The Balaban J connectivity index is 2.61. The van der Waals surface area contributed by atoms with Crippen LogP contribution >= 0.6 is 0 Å². The van der Waals surface area contributed by atoms with Crippen molar-refractivity contribution in [2.45, 2.75) is 39.8 Å². The number of carbonyl (C=O) groups excluding carboxylic acids is 2. The standard InChI is InChI=1S/C16H23NO4/c1-12(10-17-15(19)21-16(2,3)4)14(18)20-11-13-8-6-5-7-9-13/h5-9,12H,10-11H2,1-4H3,(H,17,19)/i1D3. The number of hydrogen-bond donors (Lipinski definition) is 1. The number of ether oxygens (including phenoxy) is 2. The molecular formula is C16H23NO4. The van der Waals surface area contributed by atoms with Crippen molar-refractivity contribution in [3.63, 3.8) is 0 Å². The van der Waals surface area contributed by atoms with Crippen LogP contribution in [-0.4, -0.2) is 24.2 Å². The van der Waals surface area contributed by atoms with Crippen LogP contribution in [0.3, 0.4) is 0 Å². The molecule has 1 unspecified atom stereocenters. The number of amides is 1. The van der Waals surface area contributed by atoms with Gasteiger partial charge >= 0.3 is 12.1 Å². The van der Waals surface area contributed by atoms with Gasteiger partial charge < -0.3 is 14.8 Å². The molecule has 0 fully saturated rings. The molecule has 0 saturated heterocycles. The Kier molecular flexibility index (Phi) is 4.63. The zero-order chi connectivity index (χ0) is 18.4. The fourth-order valence-corrected chi connectivity index (χ4v) is 1.41. The first kappa shape index (κ1) is 12.7. The number of carbonyl (C=O) groups is 2. The molecular weight excluding hydrogens is 270 g/mol. The molecule has 0 saturated carbocycles. The van der Waals surface area contributed by atoms with Gasteiger partial charge in [-0.1, -0.05) is 37.2 Å². The highest BCUT2D eigenvalue weighted by Crippen LogP contribution is 2.07. The van der Waals surface area contributed by atoms with Gasteiger partial charge in [0.2, 0.25) is 0 Å². The third-order valence-electron chi connectivity index (χ3n) is 2.36. The van der Waals surface area contributed by atoms with E-state index in [1.807, 2.05) is 6.07 Å². The van der Waals surface area contributed by atoms with Crippen molar-refractivity contribution in [3.05, 3.63) is 35.9 Å². The van der Waals surface area contributed by atoms with E-state index < -0.39 is 30.4 Å². The summed E-state index contributed by atoms with van der Waals surface area (Å²) in [6.45, 7) is 2.03. The van der Waals surface area contributed by atoms with Crippen molar-refractivity contribution in [3.8, 4) is 0 Å². The Morgan fingerprint density at radius 1 is 1.29 bits per heavy atom. The topological polar surface area (TPSA) is 64.6 Å². The van der Waals surface area contributed by atoms with Crippen LogP contribution in [-0.2, 0) is 20.9 Å². The molecule has 1 atom stereocenters. The Bertz CT molecular complexity index is 553. The van der Waals surface area contributed by atoms with E-state index in [1.165, 1.54) is 0 Å². The predicted molar refractivity (Wildman–Crippen MR) is 79.6 cm³/mol. The maximum absolute atomic E-state index is 12.1. The minimum atomic E-state index is -2.59. The van der Waals surface area contributed by atoms with Crippen molar-refractivity contribution >= 4 is 12.1 Å². The van der Waals surface area contributed by atoms with Gasteiger partial charge in [0.15, 0.2) is 0 Å². The molecule has 21 heavy (non-hydrogen) atoms. The lowest BCUT2D eigenvalue weighted by Gasteiger charge is -2.20. The van der Waals surface area contributed by atoms with E-state index in [2.05, 4.69) is 5.32 Å². The fraction of sp³-hybridized carbons (Fsp3) is 0.500. The Morgan fingerprint density at radius 2 is 1.95 bits per heavy atom. The Morgan fingerprint density at radius 3 is 2.52 bits per heavy atom. The summed E-state index contributed by atoms with van der Waals surface area (Å²) in [4.78, 5) is 23.7. The number of alkyl carbamates (subject to hydrolysis) is 1. The highest BCUT2D eigenvalue weighted by Gasteiger charge is 2.19. The van der Waals surface area contributed by atoms with Gasteiger partial charge in [-0.05, 0) is 26.3 Å². The molecule has 0 heterocycles. The molecule has 0 aliphatic carbocycles. The second kappa shape index (κ2) is 7.67. The van der Waals surface area contributed by atoms with Crippen LogP contribution in [0.25, 0.3) is 0 Å². The molecule has 0 bridgehead atoms. The molecule has 0 spiro atoms. The highest BCUT2D eigenvalue weighted by molar-refractivity contribution is 5.74. The average Bonchev–Trinajstić information content (AvgIpc) is 2.43. The lowest BCUT2D eigenvalue weighted by atomic mass is 10.2. The summed E-state index contributed by atoms with van der Waals surface area (Å²) in [5.74, 6) is -2.36. The van der Waals surface area contributed by atoms with Gasteiger partial charge in [-0.15, -0.1) is 0 Å². The molecule has 1 amide bonds. The molecule has 0 aliphatic rings. The summed E-state index contributed by atoms with van der Waals surface area (Å²) in [5.41, 5.74) is 0.0307. The molecule has 0 aromatic heterocycles. The molecule has 5 nitrogen and oxygen atoms in total. The molecule has 1 aromatic carbocycles. The molecule has 1 rings (SSSR count). The second-order valence-electron chi connectivity index (χ2n) is 5.53. The van der Waals surface area contributed by atoms with Gasteiger partial charge in [0.25, 0.3) is 0 Å². The van der Waals surface area contributed by atoms with Gasteiger partial charge in [-0.2, -0.15) is 0 Å². The maximum Gasteiger partial charge on any atom is 0.407 e.